The van der Waals surface area contributed by atoms with Gasteiger partial charge in [-0.05, 0) is 53.5 Å². The smallest absolute Gasteiger partial charge is 0.311 e. The molecule has 1 unspecified atom stereocenters. The first-order valence-corrected chi connectivity index (χ1v) is 5.86. The lowest BCUT2D eigenvalue weighted by molar-refractivity contribution is -0.139. The van der Waals surface area contributed by atoms with Crippen LogP contribution < -0.4 is 0 Å². The van der Waals surface area contributed by atoms with Crippen LogP contribution in [0.15, 0.2) is 18.2 Å². The molecule has 0 amide bonds. The highest BCUT2D eigenvalue weighted by Gasteiger charge is 2.39. The van der Waals surface area contributed by atoms with Crippen molar-refractivity contribution < 1.29 is 14.3 Å². The first-order chi connectivity index (χ1) is 7.11. The van der Waals surface area contributed by atoms with E-state index in [1.54, 1.807) is 12.1 Å². The van der Waals surface area contributed by atoms with Gasteiger partial charge in [0.15, 0.2) is 0 Å². The molecule has 80 valence electrons. The lowest BCUT2D eigenvalue weighted by atomic mass is 9.94. The van der Waals surface area contributed by atoms with Crippen LogP contribution in [0.3, 0.4) is 0 Å². The zero-order valence-electron chi connectivity index (χ0n) is 7.91. The molecule has 0 saturated heterocycles. The monoisotopic (exact) mass is 320 g/mol. The molecule has 0 spiro atoms. The van der Waals surface area contributed by atoms with E-state index in [2.05, 4.69) is 0 Å². The third-order valence-electron chi connectivity index (χ3n) is 2.67. The van der Waals surface area contributed by atoms with Gasteiger partial charge in [-0.2, -0.15) is 0 Å². The fourth-order valence-corrected chi connectivity index (χ4v) is 2.60. The summed E-state index contributed by atoms with van der Waals surface area (Å²) in [5.41, 5.74) is 0.355. The van der Waals surface area contributed by atoms with Crippen LogP contribution in [0.2, 0.25) is 0 Å². The minimum absolute atomic E-state index is 0.118. The lowest BCUT2D eigenvalue weighted by Gasteiger charge is -2.14. The number of hydrogen-bond acceptors (Lipinski definition) is 1. The predicted octanol–water partition coefficient (Wildman–Crippen LogP) is 3.01. The van der Waals surface area contributed by atoms with Crippen LogP contribution in [-0.4, -0.2) is 11.1 Å². The van der Waals surface area contributed by atoms with Gasteiger partial charge in [0.25, 0.3) is 0 Å². The highest BCUT2D eigenvalue weighted by molar-refractivity contribution is 14.1. The fraction of sp³-hybridized carbons (Fsp3) is 0.364. The van der Waals surface area contributed by atoms with Crippen LogP contribution in [0.1, 0.15) is 24.3 Å². The molecular weight excluding hydrogens is 310 g/mol. The number of rotatable bonds is 3. The summed E-state index contributed by atoms with van der Waals surface area (Å²) in [5, 5.41) is 9.12. The molecule has 0 bridgehead atoms. The average molecular weight is 320 g/mol. The van der Waals surface area contributed by atoms with Crippen LogP contribution >= 0.6 is 22.6 Å². The van der Waals surface area contributed by atoms with E-state index in [1.165, 1.54) is 6.07 Å². The molecule has 0 radical (unpaired) electrons. The van der Waals surface area contributed by atoms with Gasteiger partial charge in [-0.3, -0.25) is 4.79 Å². The summed E-state index contributed by atoms with van der Waals surface area (Å²) in [6, 6.07) is 4.68. The van der Waals surface area contributed by atoms with Gasteiger partial charge < -0.3 is 5.11 Å². The summed E-state index contributed by atoms with van der Waals surface area (Å²) in [6.07, 6.45) is 1.78. The Kier molecular flexibility index (Phi) is 2.95. The van der Waals surface area contributed by atoms with Gasteiger partial charge in [0.1, 0.15) is 5.82 Å². The Morgan fingerprint density at radius 2 is 2.20 bits per heavy atom. The molecule has 0 heterocycles. The maximum atomic E-state index is 13.6. The Morgan fingerprint density at radius 1 is 1.53 bits per heavy atom. The fourth-order valence-electron chi connectivity index (χ4n) is 1.80. The molecule has 1 aromatic carbocycles. The van der Waals surface area contributed by atoms with Crippen molar-refractivity contribution in [2.75, 3.05) is 0 Å². The molecule has 0 aromatic heterocycles. The van der Waals surface area contributed by atoms with Crippen molar-refractivity contribution >= 4 is 28.6 Å². The molecule has 1 aromatic rings. The number of benzene rings is 1. The first kappa shape index (κ1) is 10.9. The van der Waals surface area contributed by atoms with Crippen molar-refractivity contribution in [3.63, 3.8) is 0 Å². The topological polar surface area (TPSA) is 37.3 Å². The van der Waals surface area contributed by atoms with Gasteiger partial charge in [0, 0.05) is 9.13 Å². The number of aliphatic carboxylic acids is 1. The van der Waals surface area contributed by atoms with Crippen molar-refractivity contribution in [2.24, 2.45) is 5.92 Å². The van der Waals surface area contributed by atoms with E-state index < -0.39 is 17.7 Å². The van der Waals surface area contributed by atoms with Gasteiger partial charge >= 0.3 is 5.97 Å². The molecule has 1 saturated carbocycles. The molecule has 1 aliphatic carbocycles. The summed E-state index contributed by atoms with van der Waals surface area (Å²) in [4.78, 5) is 11.1. The van der Waals surface area contributed by atoms with Crippen molar-refractivity contribution in [3.05, 3.63) is 33.1 Å². The Hall–Kier alpha value is -0.650. The predicted molar refractivity (Wildman–Crippen MR) is 62.2 cm³/mol. The third kappa shape index (κ3) is 2.14. The summed E-state index contributed by atoms with van der Waals surface area (Å²) in [7, 11) is 0. The molecule has 1 aliphatic rings. The highest BCUT2D eigenvalue weighted by atomic mass is 127. The maximum Gasteiger partial charge on any atom is 0.311 e. The second kappa shape index (κ2) is 4.08. The highest BCUT2D eigenvalue weighted by Crippen LogP contribution is 2.44. The van der Waals surface area contributed by atoms with Gasteiger partial charge in [0.05, 0.1) is 5.92 Å². The van der Waals surface area contributed by atoms with Crippen LogP contribution in [0.4, 0.5) is 4.39 Å². The van der Waals surface area contributed by atoms with Crippen LogP contribution in [0, 0.1) is 15.3 Å². The number of carbonyl (C=O) groups is 1. The largest absolute Gasteiger partial charge is 0.481 e. The quantitative estimate of drug-likeness (QED) is 0.870. The minimum Gasteiger partial charge on any atom is -0.481 e. The van der Waals surface area contributed by atoms with E-state index >= 15 is 0 Å². The molecular formula is C11H10FIO2. The van der Waals surface area contributed by atoms with E-state index in [0.29, 0.717) is 9.13 Å². The molecule has 2 nitrogen and oxygen atoms in total. The van der Waals surface area contributed by atoms with Crippen molar-refractivity contribution in [2.45, 2.75) is 18.8 Å². The second-order valence-electron chi connectivity index (χ2n) is 3.79. The summed E-state index contributed by atoms with van der Waals surface area (Å²) in [6.45, 7) is 0. The van der Waals surface area contributed by atoms with Crippen molar-refractivity contribution in [3.8, 4) is 0 Å². The van der Waals surface area contributed by atoms with Gasteiger partial charge in [-0.1, -0.05) is 6.07 Å². The van der Waals surface area contributed by atoms with Gasteiger partial charge in [-0.25, -0.2) is 4.39 Å². The Morgan fingerprint density at radius 3 is 2.67 bits per heavy atom. The van der Waals surface area contributed by atoms with E-state index in [0.717, 1.165) is 12.8 Å². The average Bonchev–Trinajstić information content (AvgIpc) is 2.94. The summed E-state index contributed by atoms with van der Waals surface area (Å²) < 4.78 is 14.3. The first-order valence-electron chi connectivity index (χ1n) is 4.78. The van der Waals surface area contributed by atoms with E-state index in [-0.39, 0.29) is 5.92 Å². The Balaban J connectivity index is 2.45. The molecule has 1 fully saturated rings. The van der Waals surface area contributed by atoms with E-state index in [4.69, 9.17) is 5.11 Å². The van der Waals surface area contributed by atoms with Crippen LogP contribution in [0.5, 0.6) is 0 Å². The minimum atomic E-state index is -0.916. The molecule has 4 heteroatoms. The summed E-state index contributed by atoms with van der Waals surface area (Å²) in [5.74, 6) is -1.87. The van der Waals surface area contributed by atoms with Crippen LogP contribution in [-0.2, 0) is 4.79 Å². The Bertz CT molecular complexity index is 381. The van der Waals surface area contributed by atoms with E-state index in [1.807, 2.05) is 22.6 Å². The number of carboxylic acids is 1. The zero-order valence-corrected chi connectivity index (χ0v) is 10.1. The van der Waals surface area contributed by atoms with Gasteiger partial charge in [-0.15, -0.1) is 0 Å². The standard InChI is InChI=1S/C11H10FIO2/c12-7-2-1-3-8(13)10(7)9(11(14)15)6-4-5-6/h1-3,6,9H,4-5H2,(H,14,15). The second-order valence-corrected chi connectivity index (χ2v) is 4.95. The molecule has 0 aliphatic heterocycles. The summed E-state index contributed by atoms with van der Waals surface area (Å²) >= 11 is 1.99. The molecule has 15 heavy (non-hydrogen) atoms. The van der Waals surface area contributed by atoms with Gasteiger partial charge in [0.2, 0.25) is 0 Å². The number of carboxylic acid groups (broad SMARTS) is 1. The molecule has 2 rings (SSSR count). The van der Waals surface area contributed by atoms with E-state index in [9.17, 15) is 9.18 Å². The molecule has 1 N–H and O–H groups in total. The molecule has 1 atom stereocenters. The van der Waals surface area contributed by atoms with Crippen molar-refractivity contribution in [1.82, 2.24) is 0 Å². The number of hydrogen-bond donors (Lipinski definition) is 1. The SMILES string of the molecule is O=C(O)C(c1c(F)cccc1I)C1CC1. The lowest BCUT2D eigenvalue weighted by Crippen LogP contribution is -2.16. The van der Waals surface area contributed by atoms with Crippen molar-refractivity contribution in [1.29, 1.82) is 0 Å². The zero-order chi connectivity index (χ0) is 11.0. The normalized spacial score (nSPS) is 17.5. The van der Waals surface area contributed by atoms with Crippen LogP contribution in [0.25, 0.3) is 0 Å². The third-order valence-corrected chi connectivity index (χ3v) is 3.61. The Labute approximate surface area is 101 Å². The maximum absolute atomic E-state index is 13.6. The number of halogens is 2.